The van der Waals surface area contributed by atoms with Gasteiger partial charge in [0.05, 0.1) is 0 Å². The largest absolute Gasteiger partial charge is 0.422 e. The van der Waals surface area contributed by atoms with Crippen molar-refractivity contribution in [3.05, 3.63) is 0 Å². The molecule has 0 saturated carbocycles. The van der Waals surface area contributed by atoms with Gasteiger partial charge >= 0.3 is 23.9 Å². The Labute approximate surface area is 134 Å². The molecule has 0 aliphatic heterocycles. The molecule has 0 aliphatic carbocycles. The summed E-state index contributed by atoms with van der Waals surface area (Å²) in [6.07, 6.45) is -4.37. The molecule has 0 aromatic rings. The minimum Gasteiger partial charge on any atom is -0.422 e. The van der Waals surface area contributed by atoms with Gasteiger partial charge in [0.25, 0.3) is 12.6 Å². The van der Waals surface area contributed by atoms with E-state index in [-0.39, 0.29) is 0 Å². The van der Waals surface area contributed by atoms with Crippen molar-refractivity contribution in [1.82, 2.24) is 0 Å². The fourth-order valence-electron chi connectivity index (χ4n) is 1.55. The molecule has 0 aliphatic rings. The standard InChI is InChI=1S/C14H22O9/c1-7(13(20-9(3)15)21-10(4)16)19-8(2)14(22-11(5)17)23-12(6)18/h7-8,13-14H,1-6H3. The van der Waals surface area contributed by atoms with Gasteiger partial charge in [0.1, 0.15) is 12.2 Å². The molecule has 132 valence electrons. The molecule has 0 fully saturated rings. The first kappa shape index (κ1) is 20.8. The molecule has 9 nitrogen and oxygen atoms in total. The molecular formula is C14H22O9. The van der Waals surface area contributed by atoms with E-state index in [1.165, 1.54) is 13.8 Å². The van der Waals surface area contributed by atoms with Gasteiger partial charge in [0.15, 0.2) is 0 Å². The zero-order valence-corrected chi connectivity index (χ0v) is 14.0. The van der Waals surface area contributed by atoms with Crippen LogP contribution in [0, 0.1) is 0 Å². The summed E-state index contributed by atoms with van der Waals surface area (Å²) in [7, 11) is 0. The second-order valence-corrected chi connectivity index (χ2v) is 4.72. The van der Waals surface area contributed by atoms with E-state index in [1.807, 2.05) is 0 Å². The number of rotatable bonds is 8. The van der Waals surface area contributed by atoms with Crippen molar-refractivity contribution in [3.8, 4) is 0 Å². The van der Waals surface area contributed by atoms with Gasteiger partial charge < -0.3 is 23.7 Å². The number of ether oxygens (including phenoxy) is 5. The van der Waals surface area contributed by atoms with Crippen LogP contribution in [0.25, 0.3) is 0 Å². The van der Waals surface area contributed by atoms with Gasteiger partial charge in [0, 0.05) is 27.7 Å². The smallest absolute Gasteiger partial charge is 0.305 e. The fourth-order valence-corrected chi connectivity index (χ4v) is 1.55. The number of esters is 4. The van der Waals surface area contributed by atoms with Crippen LogP contribution in [-0.4, -0.2) is 48.7 Å². The molecule has 0 aromatic carbocycles. The Kier molecular flexibility index (Phi) is 8.86. The van der Waals surface area contributed by atoms with Crippen molar-refractivity contribution in [2.24, 2.45) is 0 Å². The Morgan fingerprint density at radius 3 is 0.957 bits per heavy atom. The molecular weight excluding hydrogens is 312 g/mol. The van der Waals surface area contributed by atoms with Crippen LogP contribution in [0.1, 0.15) is 41.5 Å². The van der Waals surface area contributed by atoms with Gasteiger partial charge in [-0.1, -0.05) is 0 Å². The van der Waals surface area contributed by atoms with Crippen LogP contribution in [0.4, 0.5) is 0 Å². The predicted octanol–water partition coefficient (Wildman–Crippen LogP) is 0.685. The van der Waals surface area contributed by atoms with E-state index in [4.69, 9.17) is 23.7 Å². The van der Waals surface area contributed by atoms with E-state index < -0.39 is 48.7 Å². The van der Waals surface area contributed by atoms with Crippen LogP contribution in [0.15, 0.2) is 0 Å². The van der Waals surface area contributed by atoms with Crippen LogP contribution in [0.5, 0.6) is 0 Å². The highest BCUT2D eigenvalue weighted by atomic mass is 16.7. The second kappa shape index (κ2) is 9.78. The maximum absolute atomic E-state index is 11.0. The summed E-state index contributed by atoms with van der Waals surface area (Å²) >= 11 is 0. The van der Waals surface area contributed by atoms with Gasteiger partial charge in [-0.2, -0.15) is 0 Å². The molecule has 0 spiro atoms. The zero-order chi connectivity index (χ0) is 18.2. The van der Waals surface area contributed by atoms with Crippen LogP contribution in [0.2, 0.25) is 0 Å². The van der Waals surface area contributed by atoms with Crippen molar-refractivity contribution in [1.29, 1.82) is 0 Å². The third-order valence-electron chi connectivity index (χ3n) is 2.32. The molecule has 0 saturated heterocycles. The summed E-state index contributed by atoms with van der Waals surface area (Å²) < 4.78 is 24.8. The Morgan fingerprint density at radius 1 is 0.565 bits per heavy atom. The van der Waals surface area contributed by atoms with Gasteiger partial charge in [-0.25, -0.2) is 0 Å². The van der Waals surface area contributed by atoms with Gasteiger partial charge in [-0.05, 0) is 13.8 Å². The van der Waals surface area contributed by atoms with Crippen LogP contribution >= 0.6 is 0 Å². The molecule has 0 heterocycles. The van der Waals surface area contributed by atoms with Gasteiger partial charge in [-0.3, -0.25) is 19.2 Å². The van der Waals surface area contributed by atoms with E-state index in [2.05, 4.69) is 0 Å². The molecule has 0 rings (SSSR count). The monoisotopic (exact) mass is 334 g/mol. The average molecular weight is 334 g/mol. The fraction of sp³-hybridized carbons (Fsp3) is 0.714. The maximum Gasteiger partial charge on any atom is 0.305 e. The molecule has 0 amide bonds. The van der Waals surface area contributed by atoms with E-state index in [0.29, 0.717) is 0 Å². The summed E-state index contributed by atoms with van der Waals surface area (Å²) in [4.78, 5) is 44.2. The van der Waals surface area contributed by atoms with Crippen molar-refractivity contribution in [3.63, 3.8) is 0 Å². The molecule has 2 unspecified atom stereocenters. The summed E-state index contributed by atoms with van der Waals surface area (Å²) in [6, 6.07) is 0. The molecule has 0 radical (unpaired) electrons. The summed E-state index contributed by atoms with van der Waals surface area (Å²) in [5, 5.41) is 0. The Bertz CT molecular complexity index is 374. The van der Waals surface area contributed by atoms with E-state index in [0.717, 1.165) is 27.7 Å². The first-order chi connectivity index (χ1) is 10.5. The van der Waals surface area contributed by atoms with E-state index in [9.17, 15) is 19.2 Å². The average Bonchev–Trinajstić information content (AvgIpc) is 2.34. The first-order valence-corrected chi connectivity index (χ1v) is 6.87. The minimum atomic E-state index is -1.29. The number of carbonyl (C=O) groups is 4. The normalized spacial score (nSPS) is 13.2. The Hall–Kier alpha value is -2.16. The van der Waals surface area contributed by atoms with Crippen molar-refractivity contribution in [2.45, 2.75) is 66.3 Å². The first-order valence-electron chi connectivity index (χ1n) is 6.87. The maximum atomic E-state index is 11.0. The van der Waals surface area contributed by atoms with Gasteiger partial charge in [0.2, 0.25) is 0 Å². The lowest BCUT2D eigenvalue weighted by molar-refractivity contribution is -0.239. The van der Waals surface area contributed by atoms with Crippen LogP contribution in [-0.2, 0) is 42.9 Å². The summed E-state index contributed by atoms with van der Waals surface area (Å²) in [5.41, 5.74) is 0. The van der Waals surface area contributed by atoms with Crippen LogP contribution < -0.4 is 0 Å². The summed E-state index contributed by atoms with van der Waals surface area (Å²) in [5.74, 6) is -2.68. The van der Waals surface area contributed by atoms with E-state index in [1.54, 1.807) is 0 Å². The number of carbonyl (C=O) groups excluding carboxylic acids is 4. The van der Waals surface area contributed by atoms with Crippen LogP contribution in [0.3, 0.4) is 0 Å². The molecule has 0 aromatic heterocycles. The number of hydrogen-bond acceptors (Lipinski definition) is 9. The second-order valence-electron chi connectivity index (χ2n) is 4.72. The zero-order valence-electron chi connectivity index (χ0n) is 14.0. The lowest BCUT2D eigenvalue weighted by atomic mass is 10.3. The molecule has 9 heteroatoms. The molecule has 23 heavy (non-hydrogen) atoms. The molecule has 0 bridgehead atoms. The van der Waals surface area contributed by atoms with E-state index >= 15 is 0 Å². The highest BCUT2D eigenvalue weighted by molar-refractivity contribution is 5.68. The van der Waals surface area contributed by atoms with Gasteiger partial charge in [-0.15, -0.1) is 0 Å². The Morgan fingerprint density at radius 2 is 0.783 bits per heavy atom. The van der Waals surface area contributed by atoms with Crippen molar-refractivity contribution < 1.29 is 42.9 Å². The van der Waals surface area contributed by atoms with Crippen molar-refractivity contribution >= 4 is 23.9 Å². The predicted molar refractivity (Wildman–Crippen MR) is 74.6 cm³/mol. The van der Waals surface area contributed by atoms with Crippen molar-refractivity contribution in [2.75, 3.05) is 0 Å². The third kappa shape index (κ3) is 9.46. The third-order valence-corrected chi connectivity index (χ3v) is 2.32. The SMILES string of the molecule is CC(=O)OC(OC(C)=O)C(C)OC(C)C(OC(C)=O)OC(C)=O. The molecule has 2 atom stereocenters. The molecule has 0 N–H and O–H groups in total. The minimum absolute atomic E-state index is 0.670. The quantitative estimate of drug-likeness (QED) is 0.467. The Balaban J connectivity index is 4.91. The highest BCUT2D eigenvalue weighted by Gasteiger charge is 2.31. The topological polar surface area (TPSA) is 114 Å². The lowest BCUT2D eigenvalue weighted by Crippen LogP contribution is -2.42. The number of hydrogen-bond donors (Lipinski definition) is 0. The highest BCUT2D eigenvalue weighted by Crippen LogP contribution is 2.14. The summed E-state index contributed by atoms with van der Waals surface area (Å²) in [6.45, 7) is 7.54. The lowest BCUT2D eigenvalue weighted by Gasteiger charge is -2.29.